The normalized spacial score (nSPS) is 11.9. The Morgan fingerprint density at radius 3 is 2.41 bits per heavy atom. The molecule has 0 saturated heterocycles. The van der Waals surface area contributed by atoms with Gasteiger partial charge in [-0.2, -0.15) is 0 Å². The quantitative estimate of drug-likeness (QED) is 0.256. The van der Waals surface area contributed by atoms with E-state index >= 15 is 0 Å². The summed E-state index contributed by atoms with van der Waals surface area (Å²) in [5.41, 5.74) is 1.39. The van der Waals surface area contributed by atoms with E-state index in [0.29, 0.717) is 24.9 Å². The van der Waals surface area contributed by atoms with Gasteiger partial charge in [0.1, 0.15) is 5.75 Å². The first-order valence-corrected chi connectivity index (χ1v) is 14.8. The summed E-state index contributed by atoms with van der Waals surface area (Å²) in [7, 11) is -2.69. The number of ether oxygens (including phenoxy) is 1. The topological polar surface area (TPSA) is 152 Å². The standard InChI is InChI=1S/C30H35N3O7S/c1-4-5-7-20(2)16-23-18-24(19-32-27(23)30(36)37)29(35)33-41(38,39)26-12-10-22(11-13-26)28(34)31-15-14-21-8-6-9-25(17-21)40-3/h6,8-13,17-20H,4-5,7,14-16H2,1-3H3,(H,31,34)(H,33,35)(H,36,37). The Labute approximate surface area is 240 Å². The summed E-state index contributed by atoms with van der Waals surface area (Å²) in [6.07, 6.45) is 4.91. The van der Waals surface area contributed by atoms with Gasteiger partial charge in [0.15, 0.2) is 5.69 Å². The van der Waals surface area contributed by atoms with Crippen molar-refractivity contribution in [2.75, 3.05) is 13.7 Å². The lowest BCUT2D eigenvalue weighted by atomic mass is 9.94. The third kappa shape index (κ3) is 8.87. The maximum Gasteiger partial charge on any atom is 0.354 e. The molecule has 1 heterocycles. The summed E-state index contributed by atoms with van der Waals surface area (Å²) < 4.78 is 32.9. The molecular formula is C30H35N3O7S. The van der Waals surface area contributed by atoms with Crippen LogP contribution >= 0.6 is 0 Å². The SMILES string of the molecule is CCCCC(C)Cc1cc(C(=O)NS(=O)(=O)c2ccc(C(=O)NCCc3cccc(OC)c3)cc2)cnc1C(=O)O. The molecular weight excluding hydrogens is 546 g/mol. The maximum atomic E-state index is 12.9. The largest absolute Gasteiger partial charge is 0.497 e. The number of sulfonamides is 1. The van der Waals surface area contributed by atoms with E-state index in [0.717, 1.165) is 36.8 Å². The Morgan fingerprint density at radius 1 is 1.02 bits per heavy atom. The minimum Gasteiger partial charge on any atom is -0.497 e. The van der Waals surface area contributed by atoms with Gasteiger partial charge in [-0.1, -0.05) is 45.2 Å². The van der Waals surface area contributed by atoms with Crippen LogP contribution in [0.1, 0.15) is 75.4 Å². The molecule has 0 spiro atoms. The molecule has 1 unspecified atom stereocenters. The van der Waals surface area contributed by atoms with Crippen molar-refractivity contribution in [2.24, 2.45) is 5.92 Å². The maximum absolute atomic E-state index is 12.9. The molecule has 1 aromatic heterocycles. The zero-order chi connectivity index (χ0) is 30.0. The summed E-state index contributed by atoms with van der Waals surface area (Å²) in [5, 5.41) is 12.3. The lowest BCUT2D eigenvalue weighted by Gasteiger charge is -2.14. The van der Waals surface area contributed by atoms with E-state index in [2.05, 4.69) is 17.2 Å². The molecule has 218 valence electrons. The fourth-order valence-electron chi connectivity index (χ4n) is 4.29. The molecule has 2 aromatic carbocycles. The van der Waals surface area contributed by atoms with Crippen molar-refractivity contribution in [1.29, 1.82) is 0 Å². The molecule has 10 nitrogen and oxygen atoms in total. The van der Waals surface area contributed by atoms with Crippen LogP contribution in [0, 0.1) is 5.92 Å². The average molecular weight is 582 g/mol. The zero-order valence-electron chi connectivity index (χ0n) is 23.3. The van der Waals surface area contributed by atoms with Crippen LogP contribution in [0.2, 0.25) is 0 Å². The van der Waals surface area contributed by atoms with Crippen molar-refractivity contribution in [3.05, 3.63) is 88.7 Å². The highest BCUT2D eigenvalue weighted by atomic mass is 32.2. The fourth-order valence-corrected chi connectivity index (χ4v) is 5.26. The number of amides is 2. The van der Waals surface area contributed by atoms with Crippen LogP contribution in [0.15, 0.2) is 65.7 Å². The predicted molar refractivity (Wildman–Crippen MR) is 154 cm³/mol. The third-order valence-electron chi connectivity index (χ3n) is 6.54. The van der Waals surface area contributed by atoms with E-state index in [-0.39, 0.29) is 33.5 Å². The van der Waals surface area contributed by atoms with Gasteiger partial charge in [-0.15, -0.1) is 0 Å². The van der Waals surface area contributed by atoms with Gasteiger partial charge in [0, 0.05) is 18.3 Å². The second-order valence-electron chi connectivity index (χ2n) is 9.80. The van der Waals surface area contributed by atoms with Crippen LogP contribution in [0.5, 0.6) is 5.75 Å². The summed E-state index contributed by atoms with van der Waals surface area (Å²) in [6, 6.07) is 14.1. The molecule has 0 fully saturated rings. The molecule has 1 atom stereocenters. The number of nitrogens with one attached hydrogen (secondary N) is 2. The number of benzene rings is 2. The van der Waals surface area contributed by atoms with Gasteiger partial charge >= 0.3 is 5.97 Å². The fraction of sp³-hybridized carbons (Fsp3) is 0.333. The molecule has 41 heavy (non-hydrogen) atoms. The number of pyridine rings is 1. The van der Waals surface area contributed by atoms with E-state index in [4.69, 9.17) is 4.74 Å². The molecule has 3 aromatic rings. The lowest BCUT2D eigenvalue weighted by Crippen LogP contribution is -2.31. The number of carbonyl (C=O) groups excluding carboxylic acids is 2. The number of aromatic nitrogens is 1. The molecule has 2 amide bonds. The Bertz CT molecular complexity index is 1490. The Hall–Kier alpha value is -4.25. The molecule has 11 heteroatoms. The smallest absolute Gasteiger partial charge is 0.354 e. The number of hydrogen-bond acceptors (Lipinski definition) is 7. The first-order valence-electron chi connectivity index (χ1n) is 13.3. The molecule has 0 aliphatic carbocycles. The molecule has 0 saturated carbocycles. The zero-order valence-corrected chi connectivity index (χ0v) is 24.2. The number of carbonyl (C=O) groups is 3. The number of unbranched alkanes of at least 4 members (excludes halogenated alkanes) is 1. The van der Waals surface area contributed by atoms with E-state index < -0.39 is 21.9 Å². The number of carboxylic acid groups (broad SMARTS) is 1. The number of carboxylic acids is 1. The summed E-state index contributed by atoms with van der Waals surface area (Å²) in [5.74, 6) is -1.63. The van der Waals surface area contributed by atoms with Crippen molar-refractivity contribution in [1.82, 2.24) is 15.0 Å². The van der Waals surface area contributed by atoms with Crippen LogP contribution in [0.4, 0.5) is 0 Å². The minimum atomic E-state index is -4.27. The molecule has 3 rings (SSSR count). The highest BCUT2D eigenvalue weighted by Crippen LogP contribution is 2.19. The van der Waals surface area contributed by atoms with Gasteiger partial charge in [-0.3, -0.25) is 9.59 Å². The number of rotatable bonds is 14. The molecule has 0 aliphatic heterocycles. The van der Waals surface area contributed by atoms with Crippen molar-refractivity contribution in [2.45, 2.75) is 50.8 Å². The Morgan fingerprint density at radius 2 is 1.76 bits per heavy atom. The molecule has 3 N–H and O–H groups in total. The monoisotopic (exact) mass is 581 g/mol. The van der Waals surface area contributed by atoms with Crippen LogP contribution in [-0.4, -0.2) is 49.9 Å². The number of methoxy groups -OCH3 is 1. The number of nitrogens with zero attached hydrogens (tertiary/aromatic N) is 1. The summed E-state index contributed by atoms with van der Waals surface area (Å²) in [4.78, 5) is 40.7. The van der Waals surface area contributed by atoms with Crippen molar-refractivity contribution in [3.63, 3.8) is 0 Å². The molecule has 0 aliphatic rings. The van der Waals surface area contributed by atoms with Gasteiger partial charge < -0.3 is 15.2 Å². The first-order chi connectivity index (χ1) is 19.5. The second-order valence-corrected chi connectivity index (χ2v) is 11.5. The van der Waals surface area contributed by atoms with E-state index in [1.165, 1.54) is 30.3 Å². The third-order valence-corrected chi connectivity index (χ3v) is 7.88. The first kappa shape index (κ1) is 31.3. The second kappa shape index (κ2) is 14.4. The number of hydrogen-bond donors (Lipinski definition) is 3. The molecule has 0 bridgehead atoms. The van der Waals surface area contributed by atoms with Gasteiger partial charge in [0.2, 0.25) is 0 Å². The van der Waals surface area contributed by atoms with Crippen LogP contribution in [0.25, 0.3) is 0 Å². The Balaban J connectivity index is 1.65. The van der Waals surface area contributed by atoms with Crippen LogP contribution in [0.3, 0.4) is 0 Å². The van der Waals surface area contributed by atoms with Crippen LogP contribution < -0.4 is 14.8 Å². The lowest BCUT2D eigenvalue weighted by molar-refractivity contribution is 0.0687. The minimum absolute atomic E-state index is 0.0664. The van der Waals surface area contributed by atoms with Gasteiger partial charge in [-0.25, -0.2) is 22.9 Å². The van der Waals surface area contributed by atoms with Gasteiger partial charge in [-0.05, 0) is 72.4 Å². The van der Waals surface area contributed by atoms with E-state index in [9.17, 15) is 27.9 Å². The molecule has 0 radical (unpaired) electrons. The van der Waals surface area contributed by atoms with Gasteiger partial charge in [0.05, 0.1) is 17.6 Å². The van der Waals surface area contributed by atoms with E-state index in [1.807, 2.05) is 35.9 Å². The highest BCUT2D eigenvalue weighted by molar-refractivity contribution is 7.90. The van der Waals surface area contributed by atoms with Gasteiger partial charge in [0.25, 0.3) is 21.8 Å². The summed E-state index contributed by atoms with van der Waals surface area (Å²) >= 11 is 0. The number of aromatic carboxylic acids is 1. The van der Waals surface area contributed by atoms with Crippen LogP contribution in [-0.2, 0) is 22.9 Å². The van der Waals surface area contributed by atoms with Crippen molar-refractivity contribution < 1.29 is 32.6 Å². The van der Waals surface area contributed by atoms with E-state index in [1.54, 1.807) is 7.11 Å². The summed E-state index contributed by atoms with van der Waals surface area (Å²) in [6.45, 7) is 4.43. The van der Waals surface area contributed by atoms with Crippen molar-refractivity contribution >= 4 is 27.8 Å². The Kier molecular flexibility index (Phi) is 11.0. The predicted octanol–water partition coefficient (Wildman–Crippen LogP) is 4.25. The van der Waals surface area contributed by atoms with Crippen molar-refractivity contribution in [3.8, 4) is 5.75 Å². The highest BCUT2D eigenvalue weighted by Gasteiger charge is 2.22. The average Bonchev–Trinajstić information content (AvgIpc) is 2.95.